The van der Waals surface area contributed by atoms with Crippen LogP contribution in [-0.2, 0) is 6.18 Å². The van der Waals surface area contributed by atoms with E-state index < -0.39 is 11.7 Å². The smallest absolute Gasteiger partial charge is 0.274 e. The summed E-state index contributed by atoms with van der Waals surface area (Å²) in [6.07, 6.45) is -1.28. The molecule has 0 radical (unpaired) electrons. The van der Waals surface area contributed by atoms with Crippen LogP contribution in [0.5, 0.6) is 0 Å². The van der Waals surface area contributed by atoms with Crippen LogP contribution >= 0.6 is 0 Å². The number of nitrogens with zero attached hydrogens (tertiary/aromatic N) is 1. The van der Waals surface area contributed by atoms with Gasteiger partial charge in [0.1, 0.15) is 0 Å². The van der Waals surface area contributed by atoms with Crippen LogP contribution in [0.4, 0.5) is 13.2 Å². The number of rotatable bonds is 2. The van der Waals surface area contributed by atoms with Crippen LogP contribution in [0.15, 0.2) is 48.5 Å². The quantitative estimate of drug-likeness (QED) is 0.866. The van der Waals surface area contributed by atoms with Crippen molar-refractivity contribution in [2.45, 2.75) is 25.4 Å². The zero-order valence-electron chi connectivity index (χ0n) is 13.6. The first-order valence-corrected chi connectivity index (χ1v) is 8.28. The largest absolute Gasteiger partial charge is 0.416 e. The Bertz CT molecular complexity index is 733. The van der Waals surface area contributed by atoms with Crippen molar-refractivity contribution in [3.63, 3.8) is 0 Å². The molecule has 0 unspecified atom stereocenters. The zero-order chi connectivity index (χ0) is 17.9. The van der Waals surface area contributed by atoms with Gasteiger partial charge in [-0.15, -0.1) is 0 Å². The van der Waals surface area contributed by atoms with Crippen LogP contribution in [0.3, 0.4) is 0 Å². The summed E-state index contributed by atoms with van der Waals surface area (Å²) in [5.74, 6) is -0.113. The van der Waals surface area contributed by atoms with Gasteiger partial charge in [-0.2, -0.15) is 13.2 Å². The third-order valence-electron chi connectivity index (χ3n) is 4.26. The average Bonchev–Trinajstić information content (AvgIpc) is 2.90. The molecule has 6 heteroatoms. The van der Waals surface area contributed by atoms with E-state index in [-0.39, 0.29) is 5.91 Å². The van der Waals surface area contributed by atoms with Gasteiger partial charge in [-0.1, -0.05) is 30.7 Å². The van der Waals surface area contributed by atoms with Gasteiger partial charge >= 0.3 is 6.18 Å². The van der Waals surface area contributed by atoms with E-state index in [0.29, 0.717) is 23.2 Å². The van der Waals surface area contributed by atoms with Gasteiger partial charge in [0, 0.05) is 18.7 Å². The first-order valence-electron chi connectivity index (χ1n) is 8.28. The predicted molar refractivity (Wildman–Crippen MR) is 89.8 cm³/mol. The molecule has 1 N–H and O–H groups in total. The molecule has 0 aromatic heterocycles. The molecular formula is C19H19F3N2O. The van der Waals surface area contributed by atoms with Crippen LogP contribution in [0.2, 0.25) is 0 Å². The van der Waals surface area contributed by atoms with Crippen LogP contribution in [-0.4, -0.2) is 24.0 Å². The van der Waals surface area contributed by atoms with Crippen molar-refractivity contribution >= 4 is 5.91 Å². The normalized spacial score (nSPS) is 15.7. The van der Waals surface area contributed by atoms with E-state index in [4.69, 9.17) is 0 Å². The molecule has 2 aromatic carbocycles. The van der Waals surface area contributed by atoms with Crippen LogP contribution < -0.4 is 5.43 Å². The molecule has 0 aliphatic carbocycles. The summed E-state index contributed by atoms with van der Waals surface area (Å²) >= 11 is 0. The molecule has 1 aliphatic rings. The molecule has 1 heterocycles. The standard InChI is InChI=1S/C19H19F3N2O/c20-19(21,22)17-6-4-5-16(13-17)14-7-9-15(10-8-14)18(25)24-12-3-1-2-11-23-24/h4-10,13,23H,1-3,11-12H2. The molecule has 132 valence electrons. The number of hydrazine groups is 1. The number of carbonyl (C=O) groups is 1. The Morgan fingerprint density at radius 1 is 0.960 bits per heavy atom. The molecule has 3 rings (SSSR count). The number of nitrogens with one attached hydrogen (secondary N) is 1. The van der Waals surface area contributed by atoms with Gasteiger partial charge in [-0.05, 0) is 48.2 Å². The van der Waals surface area contributed by atoms with Gasteiger partial charge in [-0.3, -0.25) is 9.80 Å². The zero-order valence-corrected chi connectivity index (χ0v) is 13.6. The number of benzene rings is 2. The number of alkyl halides is 3. The highest BCUT2D eigenvalue weighted by molar-refractivity contribution is 5.94. The van der Waals surface area contributed by atoms with Crippen molar-refractivity contribution in [3.05, 3.63) is 59.7 Å². The van der Waals surface area contributed by atoms with Crippen molar-refractivity contribution in [2.75, 3.05) is 13.1 Å². The Morgan fingerprint density at radius 3 is 2.44 bits per heavy atom. The molecule has 3 nitrogen and oxygen atoms in total. The molecule has 0 atom stereocenters. The van der Waals surface area contributed by atoms with Crippen molar-refractivity contribution in [1.82, 2.24) is 10.4 Å². The second kappa shape index (κ2) is 7.27. The maximum Gasteiger partial charge on any atom is 0.416 e. The molecule has 0 spiro atoms. The lowest BCUT2D eigenvalue weighted by Crippen LogP contribution is -2.42. The highest BCUT2D eigenvalue weighted by atomic mass is 19.4. The fourth-order valence-electron chi connectivity index (χ4n) is 2.87. The van der Waals surface area contributed by atoms with Crippen molar-refractivity contribution in [1.29, 1.82) is 0 Å². The highest BCUT2D eigenvalue weighted by Crippen LogP contribution is 2.32. The molecule has 25 heavy (non-hydrogen) atoms. The van der Waals surface area contributed by atoms with Crippen molar-refractivity contribution in [3.8, 4) is 11.1 Å². The third-order valence-corrected chi connectivity index (χ3v) is 4.26. The Morgan fingerprint density at radius 2 is 1.72 bits per heavy atom. The summed E-state index contributed by atoms with van der Waals surface area (Å²) in [6, 6.07) is 11.9. The van der Waals surface area contributed by atoms with Crippen LogP contribution in [0, 0.1) is 0 Å². The minimum atomic E-state index is -4.37. The van der Waals surface area contributed by atoms with E-state index in [1.807, 2.05) is 0 Å². The number of carbonyl (C=O) groups excluding carboxylic acids is 1. The second-order valence-corrected chi connectivity index (χ2v) is 6.08. The molecule has 1 aliphatic heterocycles. The van der Waals surface area contributed by atoms with E-state index in [2.05, 4.69) is 5.43 Å². The molecule has 1 saturated heterocycles. The Kier molecular flexibility index (Phi) is 5.08. The maximum absolute atomic E-state index is 12.8. The van der Waals surface area contributed by atoms with Gasteiger partial charge in [-0.25, -0.2) is 5.43 Å². The van der Waals surface area contributed by atoms with Crippen molar-refractivity contribution < 1.29 is 18.0 Å². The predicted octanol–water partition coefficient (Wildman–Crippen LogP) is 4.50. The minimum absolute atomic E-state index is 0.113. The Hall–Kier alpha value is -2.34. The Balaban J connectivity index is 1.79. The first kappa shape index (κ1) is 17.5. The summed E-state index contributed by atoms with van der Waals surface area (Å²) in [4.78, 5) is 12.5. The van der Waals surface area contributed by atoms with Gasteiger partial charge in [0.25, 0.3) is 5.91 Å². The van der Waals surface area contributed by atoms with Crippen LogP contribution in [0.25, 0.3) is 11.1 Å². The first-order chi connectivity index (χ1) is 11.9. The lowest BCUT2D eigenvalue weighted by Gasteiger charge is -2.21. The highest BCUT2D eigenvalue weighted by Gasteiger charge is 2.30. The molecule has 1 amide bonds. The van der Waals surface area contributed by atoms with E-state index in [0.717, 1.165) is 37.9 Å². The molecule has 1 fully saturated rings. The topological polar surface area (TPSA) is 32.3 Å². The van der Waals surface area contributed by atoms with E-state index >= 15 is 0 Å². The molecule has 0 bridgehead atoms. The van der Waals surface area contributed by atoms with Crippen LogP contribution in [0.1, 0.15) is 35.2 Å². The molecule has 0 saturated carbocycles. The lowest BCUT2D eigenvalue weighted by atomic mass is 10.0. The number of hydrogen-bond acceptors (Lipinski definition) is 2. The van der Waals surface area contributed by atoms with Gasteiger partial charge in [0.2, 0.25) is 0 Å². The number of amides is 1. The lowest BCUT2D eigenvalue weighted by molar-refractivity contribution is -0.137. The maximum atomic E-state index is 12.8. The second-order valence-electron chi connectivity index (χ2n) is 6.08. The monoisotopic (exact) mass is 348 g/mol. The minimum Gasteiger partial charge on any atom is -0.274 e. The summed E-state index contributed by atoms with van der Waals surface area (Å²) in [6.45, 7) is 1.43. The fraction of sp³-hybridized carbons (Fsp3) is 0.316. The third kappa shape index (κ3) is 4.20. The van der Waals surface area contributed by atoms with E-state index in [9.17, 15) is 18.0 Å². The Labute approximate surface area is 144 Å². The average molecular weight is 348 g/mol. The van der Waals surface area contributed by atoms with Gasteiger partial charge in [0.05, 0.1) is 5.56 Å². The summed E-state index contributed by atoms with van der Waals surface area (Å²) in [5.41, 5.74) is 4.06. The number of halogens is 3. The van der Waals surface area contributed by atoms with E-state index in [1.165, 1.54) is 6.07 Å². The summed E-state index contributed by atoms with van der Waals surface area (Å²) in [7, 11) is 0. The fourth-order valence-corrected chi connectivity index (χ4v) is 2.87. The van der Waals surface area contributed by atoms with Gasteiger partial charge < -0.3 is 0 Å². The molecule has 2 aromatic rings. The summed E-state index contributed by atoms with van der Waals surface area (Å²) in [5, 5.41) is 1.62. The summed E-state index contributed by atoms with van der Waals surface area (Å²) < 4.78 is 38.5. The van der Waals surface area contributed by atoms with Gasteiger partial charge in [0.15, 0.2) is 0 Å². The number of hydrogen-bond donors (Lipinski definition) is 1. The van der Waals surface area contributed by atoms with E-state index in [1.54, 1.807) is 35.3 Å². The SMILES string of the molecule is O=C(c1ccc(-c2cccc(C(F)(F)F)c2)cc1)N1CCCCCN1. The van der Waals surface area contributed by atoms with Crippen molar-refractivity contribution in [2.24, 2.45) is 0 Å². The molecular weight excluding hydrogens is 329 g/mol.